The molecule has 0 spiro atoms. The van der Waals surface area contributed by atoms with Crippen LogP contribution in [0.5, 0.6) is 11.5 Å². The highest BCUT2D eigenvalue weighted by atomic mass is 32.2. The summed E-state index contributed by atoms with van der Waals surface area (Å²) in [5, 5.41) is 0. The predicted molar refractivity (Wildman–Crippen MR) is 110 cm³/mol. The van der Waals surface area contributed by atoms with Gasteiger partial charge in [0.15, 0.2) is 0 Å². The van der Waals surface area contributed by atoms with Gasteiger partial charge in [-0.2, -0.15) is 8.42 Å². The maximum atomic E-state index is 13.4. The van der Waals surface area contributed by atoms with E-state index in [0.29, 0.717) is 17.1 Å². The molecule has 0 N–H and O–H groups in total. The lowest BCUT2D eigenvalue weighted by atomic mass is 9.97. The maximum absolute atomic E-state index is 13.4. The van der Waals surface area contributed by atoms with E-state index in [1.807, 2.05) is 13.8 Å². The van der Waals surface area contributed by atoms with Crippen molar-refractivity contribution in [1.29, 1.82) is 0 Å². The molecule has 8 nitrogen and oxygen atoms in total. The smallest absolute Gasteiger partial charge is 0.345 e. The molecule has 2 unspecified atom stereocenters. The number of likely N-dealkylation sites (tertiary alicyclic amines) is 1. The second-order valence-electron chi connectivity index (χ2n) is 7.36. The first-order valence-corrected chi connectivity index (χ1v) is 10.9. The number of piperidine rings is 1. The molecule has 0 bridgehead atoms. The van der Waals surface area contributed by atoms with Gasteiger partial charge in [-0.05, 0) is 57.4 Å². The van der Waals surface area contributed by atoms with Gasteiger partial charge >= 0.3 is 10.2 Å². The number of ether oxygens (including phenoxy) is 2. The molecule has 0 aromatic heterocycles. The van der Waals surface area contributed by atoms with E-state index < -0.39 is 10.2 Å². The molecule has 0 radical (unpaired) electrons. The van der Waals surface area contributed by atoms with Crippen LogP contribution in [0, 0.1) is 0 Å². The molecule has 1 amide bonds. The molecule has 1 aromatic carbocycles. The first-order valence-electron chi connectivity index (χ1n) is 9.55. The number of carbonyl (C=O) groups is 1. The Hall–Kier alpha value is -2.55. The molecule has 2 atom stereocenters. The van der Waals surface area contributed by atoms with Gasteiger partial charge in [0.05, 0.1) is 19.9 Å². The van der Waals surface area contributed by atoms with E-state index in [1.165, 1.54) is 27.3 Å². The van der Waals surface area contributed by atoms with Crippen molar-refractivity contribution in [2.45, 2.75) is 45.2 Å². The van der Waals surface area contributed by atoms with Crippen molar-refractivity contribution in [3.63, 3.8) is 0 Å². The minimum Gasteiger partial charge on any atom is -0.497 e. The third-order valence-electron chi connectivity index (χ3n) is 5.50. The molecule has 2 heterocycles. The van der Waals surface area contributed by atoms with E-state index in [-0.39, 0.29) is 29.4 Å². The number of allylic oxidation sites excluding steroid dienone is 1. The molecule has 158 valence electrons. The third kappa shape index (κ3) is 3.96. The van der Waals surface area contributed by atoms with Gasteiger partial charge in [-0.15, -0.1) is 4.40 Å². The fraction of sp³-hybridized carbons (Fsp3) is 0.500. The van der Waals surface area contributed by atoms with Crippen molar-refractivity contribution in [2.75, 3.05) is 21.3 Å². The Labute approximate surface area is 172 Å². The highest BCUT2D eigenvalue weighted by Crippen LogP contribution is 2.31. The average Bonchev–Trinajstić information content (AvgIpc) is 2.69. The van der Waals surface area contributed by atoms with Crippen LogP contribution in [0.4, 0.5) is 0 Å². The highest BCUT2D eigenvalue weighted by molar-refractivity contribution is 7.88. The zero-order valence-electron chi connectivity index (χ0n) is 17.4. The second kappa shape index (κ2) is 8.06. The summed E-state index contributed by atoms with van der Waals surface area (Å²) in [5.74, 6) is 0.650. The van der Waals surface area contributed by atoms with Crippen LogP contribution in [-0.2, 0) is 15.0 Å². The first kappa shape index (κ1) is 21.2. The lowest BCUT2D eigenvalue weighted by molar-refractivity contribution is -0.134. The van der Waals surface area contributed by atoms with Crippen LogP contribution >= 0.6 is 0 Å². The fourth-order valence-corrected chi connectivity index (χ4v) is 4.75. The number of nitrogens with zero attached hydrogens (tertiary/aromatic N) is 3. The van der Waals surface area contributed by atoms with Crippen LogP contribution < -0.4 is 9.47 Å². The van der Waals surface area contributed by atoms with Gasteiger partial charge in [0, 0.05) is 24.7 Å². The van der Waals surface area contributed by atoms with E-state index in [9.17, 15) is 13.2 Å². The summed E-state index contributed by atoms with van der Waals surface area (Å²) >= 11 is 0. The number of hydrogen-bond acceptors (Lipinski definition) is 5. The zero-order chi connectivity index (χ0) is 21.3. The fourth-order valence-electron chi connectivity index (χ4n) is 3.85. The lowest BCUT2D eigenvalue weighted by Gasteiger charge is -2.40. The highest BCUT2D eigenvalue weighted by Gasteiger charge is 2.37. The van der Waals surface area contributed by atoms with Crippen LogP contribution in [-0.4, -0.2) is 62.6 Å². The SMILES string of the molecule is COc1ccc(OC)c(C2=NS(=O)(=O)N(C)C(C(=O)N3C(C)CCCC3C)=C2)c1. The topological polar surface area (TPSA) is 88.5 Å². The Morgan fingerprint density at radius 1 is 1.14 bits per heavy atom. The Morgan fingerprint density at radius 2 is 1.79 bits per heavy atom. The van der Waals surface area contributed by atoms with Crippen molar-refractivity contribution in [3.8, 4) is 11.5 Å². The average molecular weight is 422 g/mol. The van der Waals surface area contributed by atoms with Crippen molar-refractivity contribution in [2.24, 2.45) is 4.40 Å². The third-order valence-corrected chi connectivity index (χ3v) is 6.82. The Balaban J connectivity index is 2.10. The molecule has 1 aromatic rings. The van der Waals surface area contributed by atoms with E-state index in [4.69, 9.17) is 9.47 Å². The van der Waals surface area contributed by atoms with Gasteiger partial charge < -0.3 is 14.4 Å². The molecule has 1 fully saturated rings. The van der Waals surface area contributed by atoms with Crippen LogP contribution in [0.1, 0.15) is 38.7 Å². The summed E-state index contributed by atoms with van der Waals surface area (Å²) in [6.45, 7) is 3.98. The van der Waals surface area contributed by atoms with Gasteiger partial charge in [-0.3, -0.25) is 4.79 Å². The summed E-state index contributed by atoms with van der Waals surface area (Å²) in [6, 6.07) is 5.10. The van der Waals surface area contributed by atoms with Crippen LogP contribution in [0.2, 0.25) is 0 Å². The monoisotopic (exact) mass is 421 g/mol. The van der Waals surface area contributed by atoms with E-state index in [1.54, 1.807) is 23.1 Å². The first-order chi connectivity index (χ1) is 13.7. The minimum atomic E-state index is -4.06. The number of hydrogen-bond donors (Lipinski definition) is 0. The molecule has 1 saturated heterocycles. The summed E-state index contributed by atoms with van der Waals surface area (Å²) in [6.07, 6.45) is 4.34. The zero-order valence-corrected chi connectivity index (χ0v) is 18.2. The molecular weight excluding hydrogens is 394 g/mol. The summed E-state index contributed by atoms with van der Waals surface area (Å²) in [4.78, 5) is 15.1. The summed E-state index contributed by atoms with van der Waals surface area (Å²) in [5.41, 5.74) is 0.647. The van der Waals surface area contributed by atoms with Gasteiger partial charge in [-0.25, -0.2) is 4.31 Å². The van der Waals surface area contributed by atoms with Crippen LogP contribution in [0.15, 0.2) is 34.4 Å². The molecular formula is C20H27N3O5S. The van der Waals surface area contributed by atoms with Crippen molar-refractivity contribution in [1.82, 2.24) is 9.21 Å². The molecule has 2 aliphatic heterocycles. The molecule has 9 heteroatoms. The number of amides is 1. The van der Waals surface area contributed by atoms with Crippen molar-refractivity contribution in [3.05, 3.63) is 35.5 Å². The van der Waals surface area contributed by atoms with Crippen LogP contribution in [0.3, 0.4) is 0 Å². The number of benzene rings is 1. The Morgan fingerprint density at radius 3 is 2.38 bits per heavy atom. The Kier molecular flexibility index (Phi) is 5.88. The molecule has 0 aliphatic carbocycles. The van der Waals surface area contributed by atoms with Crippen molar-refractivity contribution >= 4 is 21.8 Å². The lowest BCUT2D eigenvalue weighted by Crippen LogP contribution is -2.50. The number of rotatable bonds is 4. The molecule has 3 rings (SSSR count). The quantitative estimate of drug-likeness (QED) is 0.745. The van der Waals surface area contributed by atoms with Crippen LogP contribution in [0.25, 0.3) is 0 Å². The van der Waals surface area contributed by atoms with E-state index >= 15 is 0 Å². The van der Waals surface area contributed by atoms with Gasteiger partial charge in [-0.1, -0.05) is 0 Å². The van der Waals surface area contributed by atoms with Gasteiger partial charge in [0.25, 0.3) is 5.91 Å². The van der Waals surface area contributed by atoms with E-state index in [0.717, 1.165) is 23.6 Å². The molecule has 0 saturated carbocycles. The maximum Gasteiger partial charge on any atom is 0.345 e. The molecule has 29 heavy (non-hydrogen) atoms. The second-order valence-corrected chi connectivity index (χ2v) is 8.98. The van der Waals surface area contributed by atoms with Gasteiger partial charge in [0.1, 0.15) is 17.2 Å². The number of methoxy groups -OCH3 is 2. The van der Waals surface area contributed by atoms with E-state index in [2.05, 4.69) is 4.40 Å². The number of likely N-dealkylation sites (N-methyl/N-ethyl adjacent to an activating group) is 1. The Bertz CT molecular complexity index is 960. The molecule has 2 aliphatic rings. The van der Waals surface area contributed by atoms with Crippen molar-refractivity contribution < 1.29 is 22.7 Å². The summed E-state index contributed by atoms with van der Waals surface area (Å²) in [7, 11) is 0.292. The van der Waals surface area contributed by atoms with Gasteiger partial charge in [0.2, 0.25) is 0 Å². The normalized spacial score (nSPS) is 23.9. The number of carbonyl (C=O) groups excluding carboxylic acids is 1. The standard InChI is InChI=1S/C20H27N3O5S/c1-13-7-6-8-14(2)23(13)20(24)18-12-17(21-29(25,26)22(18)3)16-11-15(27-4)9-10-19(16)28-5/h9-14H,6-8H2,1-5H3. The summed E-state index contributed by atoms with van der Waals surface area (Å²) < 4.78 is 40.9. The largest absolute Gasteiger partial charge is 0.497 e. The predicted octanol–water partition coefficient (Wildman–Crippen LogP) is 2.36. The minimum absolute atomic E-state index is 0.0388.